The first-order valence-corrected chi connectivity index (χ1v) is 7.15. The third kappa shape index (κ3) is 4.97. The molecule has 0 aromatic heterocycles. The molecule has 102 valence electrons. The van der Waals surface area contributed by atoms with Crippen LogP contribution in [0.25, 0.3) is 0 Å². The topological polar surface area (TPSA) is 18.5 Å². The Balaban J connectivity index is 2.53. The third-order valence-electron chi connectivity index (χ3n) is 3.70. The lowest BCUT2D eigenvalue weighted by Gasteiger charge is -2.39. The summed E-state index contributed by atoms with van der Waals surface area (Å²) in [7, 11) is 0. The maximum atomic E-state index is 5.93. The van der Waals surface area contributed by atoms with Gasteiger partial charge in [0.1, 0.15) is 0 Å². The molecule has 3 atom stereocenters. The van der Waals surface area contributed by atoms with Gasteiger partial charge >= 0.3 is 0 Å². The first-order chi connectivity index (χ1) is 7.84. The minimum Gasteiger partial charge on any atom is -0.350 e. The fourth-order valence-electron chi connectivity index (χ4n) is 2.88. The minimum absolute atomic E-state index is 0.0430. The monoisotopic (exact) mass is 242 g/mol. The molecule has 3 unspecified atom stereocenters. The van der Waals surface area contributed by atoms with Gasteiger partial charge in [0.25, 0.3) is 0 Å². The quantitative estimate of drug-likeness (QED) is 0.712. The summed E-state index contributed by atoms with van der Waals surface area (Å²) < 4.78 is 11.8. The maximum Gasteiger partial charge on any atom is 0.155 e. The lowest BCUT2D eigenvalue weighted by molar-refractivity contribution is -0.247. The maximum absolute atomic E-state index is 5.93. The Morgan fingerprint density at radius 3 is 2.41 bits per heavy atom. The van der Waals surface area contributed by atoms with E-state index in [1.165, 1.54) is 12.8 Å². The molecule has 0 bridgehead atoms. The number of ether oxygens (including phenoxy) is 2. The Labute approximate surface area is 107 Å². The highest BCUT2D eigenvalue weighted by atomic mass is 16.7. The van der Waals surface area contributed by atoms with Gasteiger partial charge in [-0.2, -0.15) is 0 Å². The lowest BCUT2D eigenvalue weighted by Crippen LogP contribution is -2.41. The average Bonchev–Trinajstić information content (AvgIpc) is 2.15. The van der Waals surface area contributed by atoms with Gasteiger partial charge in [0, 0.05) is 6.42 Å². The van der Waals surface area contributed by atoms with Gasteiger partial charge in [-0.15, -0.1) is 0 Å². The summed E-state index contributed by atoms with van der Waals surface area (Å²) in [4.78, 5) is 0. The molecule has 2 nitrogen and oxygen atoms in total. The van der Waals surface area contributed by atoms with Gasteiger partial charge < -0.3 is 9.47 Å². The Hall–Kier alpha value is -0.0800. The molecule has 0 aromatic rings. The van der Waals surface area contributed by atoms with E-state index in [-0.39, 0.29) is 6.29 Å². The molecular formula is C15H30O2. The van der Waals surface area contributed by atoms with Crippen molar-refractivity contribution in [1.29, 1.82) is 0 Å². The fourth-order valence-corrected chi connectivity index (χ4v) is 2.88. The van der Waals surface area contributed by atoms with Crippen molar-refractivity contribution in [2.45, 2.75) is 85.7 Å². The number of hydrogen-bond acceptors (Lipinski definition) is 2. The Bertz CT molecular complexity index is 223. The van der Waals surface area contributed by atoms with E-state index in [4.69, 9.17) is 9.47 Å². The van der Waals surface area contributed by atoms with Crippen molar-refractivity contribution in [3.8, 4) is 0 Å². The van der Waals surface area contributed by atoms with Gasteiger partial charge in [-0.25, -0.2) is 0 Å². The lowest BCUT2D eigenvalue weighted by atomic mass is 9.80. The van der Waals surface area contributed by atoms with E-state index in [1.54, 1.807) is 0 Å². The summed E-state index contributed by atoms with van der Waals surface area (Å²) in [6, 6.07) is 0. The molecule has 0 aromatic carbocycles. The molecule has 17 heavy (non-hydrogen) atoms. The highest BCUT2D eigenvalue weighted by molar-refractivity contribution is 4.80. The van der Waals surface area contributed by atoms with Crippen LogP contribution >= 0.6 is 0 Å². The van der Waals surface area contributed by atoms with Crippen LogP contribution in [0.2, 0.25) is 0 Å². The Morgan fingerprint density at radius 1 is 1.24 bits per heavy atom. The van der Waals surface area contributed by atoms with Crippen LogP contribution < -0.4 is 0 Å². The van der Waals surface area contributed by atoms with Crippen molar-refractivity contribution in [3.63, 3.8) is 0 Å². The average molecular weight is 242 g/mol. The first kappa shape index (κ1) is 15.0. The summed E-state index contributed by atoms with van der Waals surface area (Å²) in [6.45, 7) is 13.4. The van der Waals surface area contributed by atoms with Crippen LogP contribution in [0, 0.1) is 11.3 Å². The molecule has 1 fully saturated rings. The van der Waals surface area contributed by atoms with E-state index >= 15 is 0 Å². The Kier molecular flexibility index (Phi) is 5.46. The molecule has 0 radical (unpaired) electrons. The van der Waals surface area contributed by atoms with Crippen LogP contribution in [0.4, 0.5) is 0 Å². The summed E-state index contributed by atoms with van der Waals surface area (Å²) in [5.41, 5.74) is 0.387. The molecular weight excluding hydrogens is 212 g/mol. The van der Waals surface area contributed by atoms with Crippen LogP contribution in [0.5, 0.6) is 0 Å². The van der Waals surface area contributed by atoms with Gasteiger partial charge in [0.15, 0.2) is 6.29 Å². The predicted molar refractivity (Wildman–Crippen MR) is 72.0 cm³/mol. The van der Waals surface area contributed by atoms with Crippen LogP contribution in [-0.2, 0) is 9.47 Å². The zero-order valence-electron chi connectivity index (χ0n) is 12.5. The molecule has 0 amide bonds. The SMILES string of the molecule is CCCC(C)(C)CC1CC(C(C)C)OC(C)O1. The van der Waals surface area contributed by atoms with E-state index in [2.05, 4.69) is 34.6 Å². The Morgan fingerprint density at radius 2 is 1.88 bits per heavy atom. The van der Waals surface area contributed by atoms with Gasteiger partial charge in [-0.3, -0.25) is 0 Å². The highest BCUT2D eigenvalue weighted by Gasteiger charge is 2.32. The normalized spacial score (nSPS) is 30.9. The van der Waals surface area contributed by atoms with Crippen LogP contribution in [-0.4, -0.2) is 18.5 Å². The zero-order valence-corrected chi connectivity index (χ0v) is 12.5. The second-order valence-electron chi connectivity index (χ2n) is 6.60. The molecule has 0 aliphatic carbocycles. The van der Waals surface area contributed by atoms with Crippen molar-refractivity contribution in [3.05, 3.63) is 0 Å². The molecule has 2 heteroatoms. The minimum atomic E-state index is -0.0430. The smallest absolute Gasteiger partial charge is 0.155 e. The van der Waals surface area contributed by atoms with Crippen molar-refractivity contribution in [2.24, 2.45) is 11.3 Å². The van der Waals surface area contributed by atoms with Crippen LogP contribution in [0.3, 0.4) is 0 Å². The summed E-state index contributed by atoms with van der Waals surface area (Å²) in [6.07, 6.45) is 5.41. The number of hydrogen-bond donors (Lipinski definition) is 0. The van der Waals surface area contributed by atoms with Crippen molar-refractivity contribution in [2.75, 3.05) is 0 Å². The second kappa shape index (κ2) is 6.19. The van der Waals surface area contributed by atoms with Gasteiger partial charge in [-0.05, 0) is 31.1 Å². The van der Waals surface area contributed by atoms with Gasteiger partial charge in [0.05, 0.1) is 12.2 Å². The van der Waals surface area contributed by atoms with E-state index in [9.17, 15) is 0 Å². The highest BCUT2D eigenvalue weighted by Crippen LogP contribution is 2.34. The first-order valence-electron chi connectivity index (χ1n) is 7.15. The molecule has 1 saturated heterocycles. The zero-order chi connectivity index (χ0) is 13.1. The molecule has 1 aliphatic heterocycles. The number of rotatable bonds is 5. The molecule has 0 saturated carbocycles. The van der Waals surface area contributed by atoms with E-state index in [0.717, 1.165) is 12.8 Å². The standard InChI is InChI=1S/C15H30O2/c1-7-8-15(5,6)10-13-9-14(11(2)3)17-12(4)16-13/h11-14H,7-10H2,1-6H3. The van der Waals surface area contributed by atoms with E-state index in [0.29, 0.717) is 23.5 Å². The van der Waals surface area contributed by atoms with Crippen molar-refractivity contribution in [1.82, 2.24) is 0 Å². The summed E-state index contributed by atoms with van der Waals surface area (Å²) >= 11 is 0. The second-order valence-corrected chi connectivity index (χ2v) is 6.60. The van der Waals surface area contributed by atoms with Crippen LogP contribution in [0.1, 0.15) is 67.2 Å². The van der Waals surface area contributed by atoms with Crippen molar-refractivity contribution >= 4 is 0 Å². The molecule has 1 heterocycles. The van der Waals surface area contributed by atoms with Crippen LogP contribution in [0.15, 0.2) is 0 Å². The van der Waals surface area contributed by atoms with E-state index in [1.807, 2.05) is 6.92 Å². The third-order valence-corrected chi connectivity index (χ3v) is 3.70. The summed E-state index contributed by atoms with van der Waals surface area (Å²) in [5, 5.41) is 0. The molecule has 0 spiro atoms. The van der Waals surface area contributed by atoms with Gasteiger partial charge in [-0.1, -0.05) is 41.0 Å². The molecule has 1 aliphatic rings. The molecule has 1 rings (SSSR count). The summed E-state index contributed by atoms with van der Waals surface area (Å²) in [5.74, 6) is 0.582. The van der Waals surface area contributed by atoms with Gasteiger partial charge in [0.2, 0.25) is 0 Å². The molecule has 0 N–H and O–H groups in total. The van der Waals surface area contributed by atoms with E-state index < -0.39 is 0 Å². The van der Waals surface area contributed by atoms with Crippen molar-refractivity contribution < 1.29 is 9.47 Å². The fraction of sp³-hybridized carbons (Fsp3) is 1.00. The predicted octanol–water partition coefficient (Wildman–Crippen LogP) is 4.38. The largest absolute Gasteiger partial charge is 0.350 e.